The van der Waals surface area contributed by atoms with Gasteiger partial charge in [-0.2, -0.15) is 15.1 Å². The molecule has 0 amide bonds. The highest BCUT2D eigenvalue weighted by molar-refractivity contribution is 6.74. The first-order valence-corrected chi connectivity index (χ1v) is 18.3. The second-order valence-corrected chi connectivity index (χ2v) is 18.1. The quantitative estimate of drug-likeness (QED) is 0.193. The summed E-state index contributed by atoms with van der Waals surface area (Å²) in [5.74, 6) is 2.86. The van der Waals surface area contributed by atoms with Gasteiger partial charge in [0.15, 0.2) is 19.8 Å². The second-order valence-electron chi connectivity index (χ2n) is 13.3. The third kappa shape index (κ3) is 6.33. The molecule has 1 aromatic carbocycles. The monoisotopic (exact) mass is 620 g/mol. The van der Waals surface area contributed by atoms with Crippen molar-refractivity contribution in [3.63, 3.8) is 0 Å². The van der Waals surface area contributed by atoms with Crippen molar-refractivity contribution >= 4 is 36.9 Å². The van der Waals surface area contributed by atoms with Crippen LogP contribution in [0.3, 0.4) is 0 Å². The van der Waals surface area contributed by atoms with Crippen LogP contribution in [-0.2, 0) is 15.7 Å². The Bertz CT molecular complexity index is 1620. The number of nitrogens with one attached hydrogen (secondary N) is 1. The summed E-state index contributed by atoms with van der Waals surface area (Å²) in [5, 5.41) is 9.35. The van der Waals surface area contributed by atoms with Crippen LogP contribution < -0.4 is 15.0 Å². The first-order chi connectivity index (χ1) is 20.8. The summed E-state index contributed by atoms with van der Waals surface area (Å²) in [6.45, 7) is 20.4. The van der Waals surface area contributed by atoms with Crippen LogP contribution in [0.1, 0.15) is 50.4 Å². The third-order valence-corrected chi connectivity index (χ3v) is 13.8. The maximum Gasteiger partial charge on any atom is 0.232 e. The molecule has 3 aromatic heterocycles. The van der Waals surface area contributed by atoms with E-state index in [1.165, 1.54) is 0 Å². The van der Waals surface area contributed by atoms with Gasteiger partial charge in [0.25, 0.3) is 0 Å². The van der Waals surface area contributed by atoms with Gasteiger partial charge < -0.3 is 28.7 Å². The molecule has 11 nitrogen and oxygen atoms in total. The van der Waals surface area contributed by atoms with Gasteiger partial charge in [0.05, 0.1) is 55.9 Å². The molecule has 1 atom stereocenters. The maximum absolute atomic E-state index is 6.71. The largest absolute Gasteiger partial charge is 0.496 e. The summed E-state index contributed by atoms with van der Waals surface area (Å²) < 4.78 is 21.6. The van der Waals surface area contributed by atoms with Crippen molar-refractivity contribution in [2.24, 2.45) is 0 Å². The molecule has 0 unspecified atom stereocenters. The number of rotatable bonds is 11. The molecular formula is C32H48N8O3Si. The Hall–Kier alpha value is -3.48. The van der Waals surface area contributed by atoms with Crippen LogP contribution >= 0.6 is 0 Å². The van der Waals surface area contributed by atoms with E-state index in [9.17, 15) is 0 Å². The zero-order valence-electron chi connectivity index (χ0n) is 28.0. The molecule has 0 bridgehead atoms. The number of aromatic nitrogens is 6. The van der Waals surface area contributed by atoms with E-state index in [1.807, 2.05) is 28.4 Å². The molecule has 0 aliphatic carbocycles. The second kappa shape index (κ2) is 12.5. The van der Waals surface area contributed by atoms with E-state index in [0.717, 1.165) is 64.5 Å². The van der Waals surface area contributed by atoms with Crippen molar-refractivity contribution in [2.75, 3.05) is 44.2 Å². The fourth-order valence-electron chi connectivity index (χ4n) is 5.45. The number of benzene rings is 1. The van der Waals surface area contributed by atoms with Crippen LogP contribution in [-0.4, -0.2) is 77.6 Å². The number of aryl methyl sites for hydroxylation is 2. The van der Waals surface area contributed by atoms with Crippen LogP contribution in [0.2, 0.25) is 18.1 Å². The number of anilines is 3. The number of hydrogen-bond acceptors (Lipinski definition) is 9. The Morgan fingerprint density at radius 2 is 1.86 bits per heavy atom. The highest BCUT2D eigenvalue weighted by Crippen LogP contribution is 2.38. The summed E-state index contributed by atoms with van der Waals surface area (Å²) in [6.07, 6.45) is 5.87. The van der Waals surface area contributed by atoms with Gasteiger partial charge in [-0.3, -0.25) is 0 Å². The van der Waals surface area contributed by atoms with Crippen molar-refractivity contribution in [3.8, 4) is 11.4 Å². The fourth-order valence-corrected chi connectivity index (χ4v) is 6.49. The van der Waals surface area contributed by atoms with Crippen molar-refractivity contribution in [1.29, 1.82) is 0 Å². The van der Waals surface area contributed by atoms with Crippen molar-refractivity contribution < 1.29 is 13.9 Å². The summed E-state index contributed by atoms with van der Waals surface area (Å²) in [6, 6.07) is 4.38. The van der Waals surface area contributed by atoms with Crippen molar-refractivity contribution in [1.82, 2.24) is 29.3 Å². The van der Waals surface area contributed by atoms with E-state index in [2.05, 4.69) is 69.0 Å². The van der Waals surface area contributed by atoms with E-state index in [4.69, 9.17) is 29.0 Å². The lowest BCUT2D eigenvalue weighted by molar-refractivity contribution is 0.184. The number of methoxy groups -OCH3 is 2. The zero-order chi connectivity index (χ0) is 31.8. The predicted molar refractivity (Wildman–Crippen MR) is 178 cm³/mol. The van der Waals surface area contributed by atoms with Crippen LogP contribution in [0.4, 0.5) is 17.6 Å². The summed E-state index contributed by atoms with van der Waals surface area (Å²) in [5.41, 5.74) is 4.93. The third-order valence-electron chi connectivity index (χ3n) is 9.29. The van der Waals surface area contributed by atoms with Crippen molar-refractivity contribution in [2.45, 2.75) is 85.1 Å². The molecule has 1 fully saturated rings. The standard InChI is InChI=1S/C32H48N8O3Si/c1-21-16-25(17-26(42-8)22(21)2)38-18-27(33-20-38)34-31-35-29(28-23(3)37-40(14-15-41-7)30(28)36-31)39-13-11-12-24(39)19-43-44(9,10)32(4,5)6/h16-18,20,24H,11-15,19H2,1-10H3,(H,34,35,36)/t24-/m0/s1. The Morgan fingerprint density at radius 3 is 2.57 bits per heavy atom. The Kier molecular flexibility index (Phi) is 9.06. The summed E-state index contributed by atoms with van der Waals surface area (Å²) >= 11 is 0. The highest BCUT2D eigenvalue weighted by Gasteiger charge is 2.39. The molecule has 1 aliphatic heterocycles. The molecule has 1 aliphatic rings. The summed E-state index contributed by atoms with van der Waals surface area (Å²) in [7, 11) is 1.49. The predicted octanol–water partition coefficient (Wildman–Crippen LogP) is 6.33. The molecule has 4 heterocycles. The molecule has 1 saturated heterocycles. The first kappa shape index (κ1) is 31.9. The van der Waals surface area contributed by atoms with E-state index >= 15 is 0 Å². The molecule has 5 rings (SSSR count). The van der Waals surface area contributed by atoms with Gasteiger partial charge in [-0.05, 0) is 68.9 Å². The topological polar surface area (TPSA) is 104 Å². The molecule has 4 aromatic rings. The molecule has 0 saturated carbocycles. The Labute approximate surface area is 262 Å². The number of imidazole rings is 1. The van der Waals surface area contributed by atoms with Gasteiger partial charge in [-0.1, -0.05) is 20.8 Å². The van der Waals surface area contributed by atoms with E-state index in [-0.39, 0.29) is 11.1 Å². The zero-order valence-corrected chi connectivity index (χ0v) is 29.0. The number of hydrogen-bond donors (Lipinski definition) is 1. The molecule has 238 valence electrons. The Balaban J connectivity index is 1.50. The molecule has 12 heteroatoms. The molecule has 0 radical (unpaired) electrons. The number of ether oxygens (including phenoxy) is 2. The van der Waals surface area contributed by atoms with Gasteiger partial charge in [-0.25, -0.2) is 9.67 Å². The number of fused-ring (bicyclic) bond motifs is 1. The average molecular weight is 621 g/mol. The first-order valence-electron chi connectivity index (χ1n) is 15.4. The van der Waals surface area contributed by atoms with Crippen LogP contribution in [0.25, 0.3) is 16.7 Å². The van der Waals surface area contributed by atoms with Gasteiger partial charge >= 0.3 is 0 Å². The maximum atomic E-state index is 6.71. The van der Waals surface area contributed by atoms with Crippen LogP contribution in [0, 0.1) is 20.8 Å². The van der Waals surface area contributed by atoms with Crippen molar-refractivity contribution in [3.05, 3.63) is 41.5 Å². The lowest BCUT2D eigenvalue weighted by Crippen LogP contribution is -2.45. The van der Waals surface area contributed by atoms with Gasteiger partial charge in [0, 0.05) is 19.7 Å². The normalized spacial score (nSPS) is 15.9. The lowest BCUT2D eigenvalue weighted by atomic mass is 10.1. The van der Waals surface area contributed by atoms with Gasteiger partial charge in [0.1, 0.15) is 17.9 Å². The molecule has 0 spiro atoms. The molecular weight excluding hydrogens is 572 g/mol. The fraction of sp³-hybridized carbons (Fsp3) is 0.562. The summed E-state index contributed by atoms with van der Waals surface area (Å²) in [4.78, 5) is 17.1. The van der Waals surface area contributed by atoms with Crippen LogP contribution in [0.5, 0.6) is 5.75 Å². The average Bonchev–Trinajstić information content (AvgIpc) is 3.70. The van der Waals surface area contributed by atoms with Gasteiger partial charge in [0.2, 0.25) is 5.95 Å². The molecule has 1 N–H and O–H groups in total. The van der Waals surface area contributed by atoms with E-state index in [0.29, 0.717) is 31.5 Å². The number of nitrogens with zero attached hydrogens (tertiary/aromatic N) is 7. The minimum absolute atomic E-state index is 0.153. The smallest absolute Gasteiger partial charge is 0.232 e. The molecule has 44 heavy (non-hydrogen) atoms. The highest BCUT2D eigenvalue weighted by atomic mass is 28.4. The SMILES string of the molecule is COCCn1nc(C)c2c(N3CCC[C@H]3CO[Si](C)(C)C(C)(C)C)nc(Nc3cn(-c4cc(C)c(C)c(OC)c4)cn3)nc21. The van der Waals surface area contributed by atoms with E-state index in [1.54, 1.807) is 20.5 Å². The minimum Gasteiger partial charge on any atom is -0.496 e. The van der Waals surface area contributed by atoms with E-state index < -0.39 is 8.32 Å². The van der Waals surface area contributed by atoms with Gasteiger partial charge in [-0.15, -0.1) is 0 Å². The lowest BCUT2D eigenvalue weighted by Gasteiger charge is -2.38. The Morgan fingerprint density at radius 1 is 1.09 bits per heavy atom. The minimum atomic E-state index is -1.90. The van der Waals surface area contributed by atoms with Crippen LogP contribution in [0.15, 0.2) is 24.7 Å².